The fourth-order valence-electron chi connectivity index (χ4n) is 4.28. The first-order valence-electron chi connectivity index (χ1n) is 11.0. The lowest BCUT2D eigenvalue weighted by Crippen LogP contribution is -2.40. The third kappa shape index (κ3) is 4.61. The van der Waals surface area contributed by atoms with Gasteiger partial charge in [0.25, 0.3) is 11.5 Å². The van der Waals surface area contributed by atoms with Crippen molar-refractivity contribution in [2.75, 3.05) is 6.54 Å². The molecule has 0 bridgehead atoms. The van der Waals surface area contributed by atoms with E-state index in [0.717, 1.165) is 36.9 Å². The number of benzene rings is 1. The van der Waals surface area contributed by atoms with Gasteiger partial charge in [-0.3, -0.25) is 19.6 Å². The first-order chi connectivity index (χ1) is 15.4. The number of nitrogens with zero attached hydrogens (tertiary/aromatic N) is 4. The molecule has 166 valence electrons. The van der Waals surface area contributed by atoms with Gasteiger partial charge in [0.05, 0.1) is 30.2 Å². The minimum absolute atomic E-state index is 0.163. The molecule has 1 aromatic carbocycles. The minimum Gasteiger partial charge on any atom is -0.331 e. The van der Waals surface area contributed by atoms with Gasteiger partial charge in [-0.15, -0.1) is 0 Å². The van der Waals surface area contributed by atoms with Crippen molar-refractivity contribution < 1.29 is 9.18 Å². The lowest BCUT2D eigenvalue weighted by molar-refractivity contribution is 0.0677. The molecule has 0 N–H and O–H groups in total. The summed E-state index contributed by atoms with van der Waals surface area (Å²) in [6.45, 7) is 4.40. The molecular formula is C25H27FN4O2. The topological polar surface area (TPSA) is 68.1 Å². The molecule has 1 unspecified atom stereocenters. The summed E-state index contributed by atoms with van der Waals surface area (Å²) in [5.74, 6) is -0.621. The Morgan fingerprint density at radius 1 is 1.12 bits per heavy atom. The number of likely N-dealkylation sites (tertiary alicyclic amines) is 1. The van der Waals surface area contributed by atoms with Gasteiger partial charge in [-0.05, 0) is 56.0 Å². The number of aromatic nitrogens is 3. The van der Waals surface area contributed by atoms with Gasteiger partial charge in [-0.2, -0.15) is 0 Å². The van der Waals surface area contributed by atoms with Crippen LogP contribution in [0, 0.1) is 19.7 Å². The molecule has 7 heteroatoms. The molecule has 1 atom stereocenters. The van der Waals surface area contributed by atoms with Crippen LogP contribution >= 0.6 is 0 Å². The highest BCUT2D eigenvalue weighted by molar-refractivity contribution is 5.95. The van der Waals surface area contributed by atoms with E-state index < -0.39 is 0 Å². The van der Waals surface area contributed by atoms with Crippen LogP contribution in [0.3, 0.4) is 0 Å². The zero-order valence-corrected chi connectivity index (χ0v) is 18.4. The number of hydrogen-bond acceptors (Lipinski definition) is 4. The Morgan fingerprint density at radius 2 is 1.97 bits per heavy atom. The van der Waals surface area contributed by atoms with E-state index in [0.29, 0.717) is 17.8 Å². The van der Waals surface area contributed by atoms with Crippen molar-refractivity contribution in [3.05, 3.63) is 93.2 Å². The molecule has 1 aliphatic heterocycles. The van der Waals surface area contributed by atoms with Gasteiger partial charge in [0.15, 0.2) is 0 Å². The van der Waals surface area contributed by atoms with Gasteiger partial charge in [0.1, 0.15) is 11.4 Å². The summed E-state index contributed by atoms with van der Waals surface area (Å²) in [4.78, 5) is 37.3. The minimum atomic E-state index is -0.348. The first kappa shape index (κ1) is 21.9. The molecule has 1 fully saturated rings. The zero-order chi connectivity index (χ0) is 22.7. The van der Waals surface area contributed by atoms with Crippen LogP contribution in [-0.2, 0) is 6.54 Å². The number of amides is 1. The largest absolute Gasteiger partial charge is 0.331 e. The average Bonchev–Trinajstić information content (AvgIpc) is 3.03. The average molecular weight is 435 g/mol. The highest BCUT2D eigenvalue weighted by Crippen LogP contribution is 2.31. The second-order valence-corrected chi connectivity index (χ2v) is 8.37. The molecule has 0 aliphatic carbocycles. The van der Waals surface area contributed by atoms with Gasteiger partial charge >= 0.3 is 0 Å². The summed E-state index contributed by atoms with van der Waals surface area (Å²) in [6, 6.07) is 7.94. The SMILES string of the molecule is Cc1cnc(Cn2ccc(C)c(C(=O)N3CCCCCC3c3cccc(F)c3)c2=O)cn1. The maximum absolute atomic E-state index is 13.9. The van der Waals surface area contributed by atoms with Crippen molar-refractivity contribution in [2.24, 2.45) is 0 Å². The molecule has 3 heterocycles. The Kier molecular flexibility index (Phi) is 6.44. The number of aryl methyl sites for hydroxylation is 2. The molecule has 0 saturated carbocycles. The molecule has 4 rings (SSSR count). The quantitative estimate of drug-likeness (QED) is 0.617. The van der Waals surface area contributed by atoms with E-state index in [1.807, 2.05) is 13.0 Å². The van der Waals surface area contributed by atoms with Gasteiger partial charge in [0.2, 0.25) is 0 Å². The van der Waals surface area contributed by atoms with Crippen LogP contribution in [-0.4, -0.2) is 31.9 Å². The van der Waals surface area contributed by atoms with Crippen molar-refractivity contribution in [1.29, 1.82) is 0 Å². The molecular weight excluding hydrogens is 407 g/mol. The zero-order valence-electron chi connectivity index (χ0n) is 18.4. The number of rotatable bonds is 4. The van der Waals surface area contributed by atoms with E-state index in [4.69, 9.17) is 0 Å². The first-order valence-corrected chi connectivity index (χ1v) is 11.0. The van der Waals surface area contributed by atoms with Crippen LogP contribution in [0.5, 0.6) is 0 Å². The number of halogens is 1. The smallest absolute Gasteiger partial charge is 0.264 e. The summed E-state index contributed by atoms with van der Waals surface area (Å²) in [7, 11) is 0. The number of carbonyl (C=O) groups is 1. The van der Waals surface area contributed by atoms with Gasteiger partial charge < -0.3 is 9.47 Å². The van der Waals surface area contributed by atoms with Crippen LogP contribution < -0.4 is 5.56 Å². The van der Waals surface area contributed by atoms with E-state index in [-0.39, 0.29) is 35.4 Å². The van der Waals surface area contributed by atoms with Crippen molar-refractivity contribution in [3.8, 4) is 0 Å². The summed E-state index contributed by atoms with van der Waals surface area (Å²) in [6.07, 6.45) is 8.53. The van der Waals surface area contributed by atoms with Crippen LogP contribution in [0.15, 0.2) is 53.7 Å². The fourth-order valence-corrected chi connectivity index (χ4v) is 4.28. The summed E-state index contributed by atoms with van der Waals surface area (Å²) < 4.78 is 15.4. The maximum Gasteiger partial charge on any atom is 0.264 e. The Balaban J connectivity index is 1.70. The molecule has 1 amide bonds. The van der Waals surface area contributed by atoms with Gasteiger partial charge in [-0.25, -0.2) is 4.39 Å². The van der Waals surface area contributed by atoms with Crippen molar-refractivity contribution in [1.82, 2.24) is 19.4 Å². The maximum atomic E-state index is 13.9. The van der Waals surface area contributed by atoms with E-state index in [9.17, 15) is 14.0 Å². The van der Waals surface area contributed by atoms with Crippen LogP contribution in [0.2, 0.25) is 0 Å². The van der Waals surface area contributed by atoms with Gasteiger partial charge in [0, 0.05) is 18.9 Å². The van der Waals surface area contributed by atoms with Crippen LogP contribution in [0.25, 0.3) is 0 Å². The number of pyridine rings is 1. The molecule has 6 nitrogen and oxygen atoms in total. The highest BCUT2D eigenvalue weighted by atomic mass is 19.1. The van der Waals surface area contributed by atoms with E-state index in [1.54, 1.807) is 42.5 Å². The van der Waals surface area contributed by atoms with Crippen molar-refractivity contribution in [2.45, 2.75) is 52.1 Å². The van der Waals surface area contributed by atoms with Gasteiger partial charge in [-0.1, -0.05) is 25.0 Å². The summed E-state index contributed by atoms with van der Waals surface area (Å²) in [5, 5.41) is 0. The lowest BCUT2D eigenvalue weighted by atomic mass is 9.99. The Hall–Kier alpha value is -3.35. The van der Waals surface area contributed by atoms with E-state index >= 15 is 0 Å². The predicted octanol–water partition coefficient (Wildman–Crippen LogP) is 4.20. The standard InChI is InChI=1S/C25H27FN4O2/c1-17-10-12-29(16-21-15-27-18(2)14-28-21)24(31)23(17)25(32)30-11-5-3-4-9-22(30)19-7-6-8-20(26)13-19/h6-8,10,12-15,22H,3-5,9,11,16H2,1-2H3. The fraction of sp³-hybridized carbons (Fsp3) is 0.360. The summed E-state index contributed by atoms with van der Waals surface area (Å²) >= 11 is 0. The van der Waals surface area contributed by atoms with Crippen LogP contribution in [0.4, 0.5) is 4.39 Å². The number of hydrogen-bond donors (Lipinski definition) is 0. The Labute approximate surface area is 186 Å². The lowest BCUT2D eigenvalue weighted by Gasteiger charge is -2.31. The highest BCUT2D eigenvalue weighted by Gasteiger charge is 2.30. The number of carbonyl (C=O) groups excluding carboxylic acids is 1. The molecule has 32 heavy (non-hydrogen) atoms. The molecule has 2 aromatic heterocycles. The van der Waals surface area contributed by atoms with Crippen molar-refractivity contribution in [3.63, 3.8) is 0 Å². The Bertz CT molecular complexity index is 1170. The molecule has 0 radical (unpaired) electrons. The molecule has 0 spiro atoms. The van der Waals surface area contributed by atoms with Crippen LogP contribution in [0.1, 0.15) is 64.6 Å². The second kappa shape index (κ2) is 9.42. The van der Waals surface area contributed by atoms with E-state index in [2.05, 4.69) is 9.97 Å². The Morgan fingerprint density at radius 3 is 2.72 bits per heavy atom. The second-order valence-electron chi connectivity index (χ2n) is 8.37. The third-order valence-electron chi connectivity index (χ3n) is 6.00. The molecule has 1 saturated heterocycles. The monoisotopic (exact) mass is 434 g/mol. The molecule has 1 aliphatic rings. The van der Waals surface area contributed by atoms with E-state index in [1.165, 1.54) is 16.7 Å². The summed E-state index contributed by atoms with van der Waals surface area (Å²) in [5.41, 5.74) is 2.66. The predicted molar refractivity (Wildman–Crippen MR) is 120 cm³/mol. The normalized spacial score (nSPS) is 16.6. The molecule has 3 aromatic rings. The third-order valence-corrected chi connectivity index (χ3v) is 6.00. The van der Waals surface area contributed by atoms with Crippen molar-refractivity contribution >= 4 is 5.91 Å².